The molecule has 0 aliphatic heterocycles. The highest BCUT2D eigenvalue weighted by molar-refractivity contribution is 5.92. The van der Waals surface area contributed by atoms with E-state index in [1.165, 1.54) is 5.71 Å². The van der Waals surface area contributed by atoms with Gasteiger partial charge in [-0.05, 0) is 24.7 Å². The second kappa shape index (κ2) is 7.16. The van der Waals surface area contributed by atoms with E-state index in [0.29, 0.717) is 11.8 Å². The number of aromatic nitrogens is 2. The molecule has 4 nitrogen and oxygen atoms in total. The van der Waals surface area contributed by atoms with Crippen molar-refractivity contribution < 1.29 is 0 Å². The normalized spacial score (nSPS) is 11.1. The molecular formula is C17H24N4. The fraction of sp³-hybridized carbons (Fsp3) is 0.471. The molecule has 0 bridgehead atoms. The molecule has 1 aromatic carbocycles. The van der Waals surface area contributed by atoms with Gasteiger partial charge in [-0.25, -0.2) is 0 Å². The van der Waals surface area contributed by atoms with Crippen molar-refractivity contribution in [2.24, 2.45) is 16.9 Å². The molecule has 2 rings (SSSR count). The smallest absolute Gasteiger partial charge is 0.176 e. The van der Waals surface area contributed by atoms with Gasteiger partial charge in [-0.2, -0.15) is 10.2 Å². The Bertz CT molecular complexity index is 600. The summed E-state index contributed by atoms with van der Waals surface area (Å²) in [7, 11) is 0. The van der Waals surface area contributed by atoms with Crippen molar-refractivity contribution in [3.8, 4) is 0 Å². The lowest BCUT2D eigenvalue weighted by atomic mass is 9.99. The predicted octanol–water partition coefficient (Wildman–Crippen LogP) is 4.49. The van der Waals surface area contributed by atoms with Gasteiger partial charge < -0.3 is 0 Å². The first-order valence-electron chi connectivity index (χ1n) is 7.58. The molecule has 1 aromatic heterocycles. The molecule has 112 valence electrons. The van der Waals surface area contributed by atoms with Crippen LogP contribution in [0.15, 0.2) is 35.6 Å². The Morgan fingerprint density at radius 2 is 1.76 bits per heavy atom. The summed E-state index contributed by atoms with van der Waals surface area (Å²) in [5.41, 5.74) is 4.30. The Labute approximate surface area is 126 Å². The van der Waals surface area contributed by atoms with E-state index in [1.54, 1.807) is 6.20 Å². The highest BCUT2D eigenvalue weighted by Gasteiger charge is 2.07. The van der Waals surface area contributed by atoms with Gasteiger partial charge in [0.1, 0.15) is 0 Å². The number of nitrogens with zero attached hydrogens (tertiary/aromatic N) is 3. The van der Waals surface area contributed by atoms with E-state index in [2.05, 4.69) is 48.4 Å². The summed E-state index contributed by atoms with van der Waals surface area (Å²) < 4.78 is 0. The molecule has 0 aliphatic rings. The number of fused-ring (bicyclic) bond motifs is 1. The fourth-order valence-electron chi connectivity index (χ4n) is 2.36. The number of benzene rings is 1. The summed E-state index contributed by atoms with van der Waals surface area (Å²) in [6.07, 6.45) is 3.78. The molecule has 0 radical (unpaired) electrons. The maximum atomic E-state index is 4.59. The largest absolute Gasteiger partial charge is 0.259 e. The molecule has 1 heterocycles. The van der Waals surface area contributed by atoms with E-state index in [0.717, 1.165) is 29.4 Å². The molecule has 0 spiro atoms. The zero-order valence-electron chi connectivity index (χ0n) is 13.3. The highest BCUT2D eigenvalue weighted by atomic mass is 15.3. The van der Waals surface area contributed by atoms with Crippen LogP contribution in [0.25, 0.3) is 10.8 Å². The van der Waals surface area contributed by atoms with E-state index >= 15 is 0 Å². The van der Waals surface area contributed by atoms with Gasteiger partial charge in [-0.3, -0.25) is 5.43 Å². The van der Waals surface area contributed by atoms with Gasteiger partial charge >= 0.3 is 0 Å². The van der Waals surface area contributed by atoms with Crippen LogP contribution < -0.4 is 5.43 Å². The molecule has 2 aromatic rings. The summed E-state index contributed by atoms with van der Waals surface area (Å²) in [4.78, 5) is 0. The quantitative estimate of drug-likeness (QED) is 0.628. The van der Waals surface area contributed by atoms with Gasteiger partial charge in [-0.1, -0.05) is 52.0 Å². The molecule has 21 heavy (non-hydrogen) atoms. The first kappa shape index (κ1) is 15.4. The lowest BCUT2D eigenvalue weighted by Gasteiger charge is -2.12. The molecule has 0 unspecified atom stereocenters. The van der Waals surface area contributed by atoms with Crippen molar-refractivity contribution in [1.82, 2.24) is 10.2 Å². The van der Waals surface area contributed by atoms with Crippen LogP contribution >= 0.6 is 0 Å². The van der Waals surface area contributed by atoms with E-state index < -0.39 is 0 Å². The van der Waals surface area contributed by atoms with E-state index in [9.17, 15) is 0 Å². The zero-order valence-corrected chi connectivity index (χ0v) is 13.3. The molecule has 0 aliphatic carbocycles. The Balaban J connectivity index is 2.22. The van der Waals surface area contributed by atoms with Crippen LogP contribution in [0.1, 0.15) is 40.5 Å². The van der Waals surface area contributed by atoms with Crippen molar-refractivity contribution in [2.45, 2.75) is 40.5 Å². The Kier molecular flexibility index (Phi) is 5.26. The third kappa shape index (κ3) is 4.52. The maximum Gasteiger partial charge on any atom is 0.176 e. The standard InChI is InChI=1S/C17H24N4/c1-12(2)9-15(10-13(3)4)19-21-17-16-8-6-5-7-14(16)11-18-20-17/h5-8,11-13H,9-10H2,1-4H3,(H,20,21). The molecule has 0 amide bonds. The van der Waals surface area contributed by atoms with Crippen molar-refractivity contribution in [3.05, 3.63) is 30.5 Å². The minimum absolute atomic E-state index is 0.600. The van der Waals surface area contributed by atoms with Crippen LogP contribution in [-0.2, 0) is 0 Å². The lowest BCUT2D eigenvalue weighted by molar-refractivity contribution is 0.634. The SMILES string of the molecule is CC(C)CC(CC(C)C)=NNc1nncc2ccccc12. The first-order chi connectivity index (χ1) is 10.1. The molecule has 0 saturated carbocycles. The van der Waals surface area contributed by atoms with Crippen LogP contribution in [0.4, 0.5) is 5.82 Å². The van der Waals surface area contributed by atoms with Gasteiger partial charge in [0.05, 0.1) is 6.20 Å². The van der Waals surface area contributed by atoms with Gasteiger partial charge in [0.15, 0.2) is 5.82 Å². The summed E-state index contributed by atoms with van der Waals surface area (Å²) >= 11 is 0. The summed E-state index contributed by atoms with van der Waals surface area (Å²) in [6, 6.07) is 8.07. The molecule has 0 fully saturated rings. The molecular weight excluding hydrogens is 260 g/mol. The van der Waals surface area contributed by atoms with Crippen LogP contribution in [0.2, 0.25) is 0 Å². The average molecular weight is 284 g/mol. The number of hydrogen-bond donors (Lipinski definition) is 1. The van der Waals surface area contributed by atoms with Crippen LogP contribution in [0.5, 0.6) is 0 Å². The van der Waals surface area contributed by atoms with Crippen LogP contribution in [0, 0.1) is 11.8 Å². The van der Waals surface area contributed by atoms with Crippen LogP contribution in [0.3, 0.4) is 0 Å². The first-order valence-corrected chi connectivity index (χ1v) is 7.58. The lowest BCUT2D eigenvalue weighted by Crippen LogP contribution is -2.10. The van der Waals surface area contributed by atoms with E-state index in [4.69, 9.17) is 0 Å². The van der Waals surface area contributed by atoms with Gasteiger partial charge in [0, 0.05) is 16.5 Å². The Morgan fingerprint density at radius 1 is 1.10 bits per heavy atom. The average Bonchev–Trinajstić information content (AvgIpc) is 2.43. The number of hydrogen-bond acceptors (Lipinski definition) is 4. The van der Waals surface area contributed by atoms with E-state index in [-0.39, 0.29) is 0 Å². The summed E-state index contributed by atoms with van der Waals surface area (Å²) in [6.45, 7) is 8.86. The number of nitrogens with one attached hydrogen (secondary N) is 1. The number of hydrazone groups is 1. The fourth-order valence-corrected chi connectivity index (χ4v) is 2.36. The third-order valence-electron chi connectivity index (χ3n) is 3.18. The van der Waals surface area contributed by atoms with Crippen LogP contribution in [-0.4, -0.2) is 15.9 Å². The molecule has 1 N–H and O–H groups in total. The van der Waals surface area contributed by atoms with Gasteiger partial charge in [0.2, 0.25) is 0 Å². The second-order valence-corrected chi connectivity index (χ2v) is 6.27. The summed E-state index contributed by atoms with van der Waals surface area (Å²) in [5, 5.41) is 14.9. The van der Waals surface area contributed by atoms with Crippen molar-refractivity contribution >= 4 is 22.3 Å². The Hall–Kier alpha value is -1.97. The Morgan fingerprint density at radius 3 is 2.43 bits per heavy atom. The molecule has 4 heteroatoms. The molecule has 0 atom stereocenters. The summed E-state index contributed by atoms with van der Waals surface area (Å²) in [5.74, 6) is 1.92. The van der Waals surface area contributed by atoms with Crippen molar-refractivity contribution in [1.29, 1.82) is 0 Å². The van der Waals surface area contributed by atoms with Crippen molar-refractivity contribution in [2.75, 3.05) is 5.43 Å². The third-order valence-corrected chi connectivity index (χ3v) is 3.18. The topological polar surface area (TPSA) is 50.2 Å². The maximum absolute atomic E-state index is 4.59. The molecule has 0 saturated heterocycles. The monoisotopic (exact) mass is 284 g/mol. The van der Waals surface area contributed by atoms with E-state index in [1.807, 2.05) is 24.3 Å². The number of anilines is 1. The minimum atomic E-state index is 0.600. The van der Waals surface area contributed by atoms with Gasteiger partial charge in [-0.15, -0.1) is 5.10 Å². The predicted molar refractivity (Wildman–Crippen MR) is 89.5 cm³/mol. The number of rotatable bonds is 6. The van der Waals surface area contributed by atoms with Gasteiger partial charge in [0.25, 0.3) is 0 Å². The minimum Gasteiger partial charge on any atom is -0.259 e. The zero-order chi connectivity index (χ0) is 15.2. The second-order valence-electron chi connectivity index (χ2n) is 6.27. The van der Waals surface area contributed by atoms with Crippen molar-refractivity contribution in [3.63, 3.8) is 0 Å². The highest BCUT2D eigenvalue weighted by Crippen LogP contribution is 2.19.